The Morgan fingerprint density at radius 2 is 1.80 bits per heavy atom. The molecule has 90 valence electrons. The molecule has 0 radical (unpaired) electrons. The number of hydrogen-bond donors (Lipinski definition) is 2. The molecule has 0 bridgehead atoms. The Hall–Kier alpha value is -1.26. The number of rotatable bonds is 5. The first-order chi connectivity index (χ1) is 7.04. The molecular weight excluding hydrogens is 198 g/mol. The SMILES string of the molecule is CC(=O)O.CCCCCCOC(=O)NC. The van der Waals surface area contributed by atoms with Crippen molar-refractivity contribution in [3.8, 4) is 0 Å². The first-order valence-corrected chi connectivity index (χ1v) is 5.08. The Kier molecular flexibility index (Phi) is 13.7. The molecule has 5 nitrogen and oxygen atoms in total. The molecular formula is C10H21NO4. The van der Waals surface area contributed by atoms with E-state index in [1.54, 1.807) is 7.05 Å². The van der Waals surface area contributed by atoms with Crippen LogP contribution in [0.1, 0.15) is 39.5 Å². The van der Waals surface area contributed by atoms with E-state index >= 15 is 0 Å². The number of ether oxygens (including phenoxy) is 1. The fourth-order valence-electron chi connectivity index (χ4n) is 0.766. The predicted molar refractivity (Wildman–Crippen MR) is 57.9 cm³/mol. The van der Waals surface area contributed by atoms with Gasteiger partial charge in [0.05, 0.1) is 6.61 Å². The summed E-state index contributed by atoms with van der Waals surface area (Å²) in [5, 5.41) is 9.81. The number of carbonyl (C=O) groups excluding carboxylic acids is 1. The van der Waals surface area contributed by atoms with Gasteiger partial charge in [-0.1, -0.05) is 26.2 Å². The lowest BCUT2D eigenvalue weighted by atomic mass is 10.2. The van der Waals surface area contributed by atoms with Crippen molar-refractivity contribution < 1.29 is 19.4 Å². The fourth-order valence-corrected chi connectivity index (χ4v) is 0.766. The van der Waals surface area contributed by atoms with Gasteiger partial charge in [-0.3, -0.25) is 4.79 Å². The van der Waals surface area contributed by atoms with Gasteiger partial charge in [-0.15, -0.1) is 0 Å². The maximum Gasteiger partial charge on any atom is 0.406 e. The molecule has 0 aliphatic carbocycles. The lowest BCUT2D eigenvalue weighted by Gasteiger charge is -2.02. The molecule has 2 N–H and O–H groups in total. The second kappa shape index (κ2) is 12.7. The number of hydrogen-bond acceptors (Lipinski definition) is 3. The van der Waals surface area contributed by atoms with Crippen LogP contribution in [0, 0.1) is 0 Å². The van der Waals surface area contributed by atoms with Crippen molar-refractivity contribution in [1.82, 2.24) is 5.32 Å². The van der Waals surface area contributed by atoms with Gasteiger partial charge >= 0.3 is 6.09 Å². The lowest BCUT2D eigenvalue weighted by molar-refractivity contribution is -0.134. The molecule has 0 unspecified atom stereocenters. The highest BCUT2D eigenvalue weighted by Gasteiger charge is 1.95. The van der Waals surface area contributed by atoms with E-state index in [9.17, 15) is 4.79 Å². The van der Waals surface area contributed by atoms with Gasteiger partial charge in [0.15, 0.2) is 0 Å². The van der Waals surface area contributed by atoms with E-state index in [4.69, 9.17) is 14.6 Å². The van der Waals surface area contributed by atoms with Crippen molar-refractivity contribution in [1.29, 1.82) is 0 Å². The Morgan fingerprint density at radius 1 is 1.27 bits per heavy atom. The van der Waals surface area contributed by atoms with Crippen molar-refractivity contribution in [3.63, 3.8) is 0 Å². The molecule has 0 saturated heterocycles. The average molecular weight is 219 g/mol. The summed E-state index contributed by atoms with van der Waals surface area (Å²) < 4.78 is 4.79. The number of carbonyl (C=O) groups is 2. The van der Waals surface area contributed by atoms with Crippen LogP contribution in [-0.2, 0) is 9.53 Å². The third-order valence-corrected chi connectivity index (χ3v) is 1.44. The molecule has 0 aromatic heterocycles. The molecule has 0 spiro atoms. The van der Waals surface area contributed by atoms with Crippen molar-refractivity contribution in [3.05, 3.63) is 0 Å². The molecule has 0 fully saturated rings. The zero-order valence-corrected chi connectivity index (χ0v) is 9.71. The average Bonchev–Trinajstić information content (AvgIpc) is 2.16. The highest BCUT2D eigenvalue weighted by atomic mass is 16.5. The van der Waals surface area contributed by atoms with Gasteiger partial charge in [-0.25, -0.2) is 4.79 Å². The van der Waals surface area contributed by atoms with Gasteiger partial charge in [0, 0.05) is 14.0 Å². The van der Waals surface area contributed by atoms with Gasteiger partial charge in [0.2, 0.25) is 0 Å². The van der Waals surface area contributed by atoms with Crippen molar-refractivity contribution in [2.75, 3.05) is 13.7 Å². The summed E-state index contributed by atoms with van der Waals surface area (Å²) >= 11 is 0. The molecule has 0 rings (SSSR count). The molecule has 1 amide bonds. The van der Waals surface area contributed by atoms with E-state index < -0.39 is 5.97 Å². The van der Waals surface area contributed by atoms with E-state index in [1.165, 1.54) is 12.8 Å². The van der Waals surface area contributed by atoms with Gasteiger partial charge in [-0.2, -0.15) is 0 Å². The fraction of sp³-hybridized carbons (Fsp3) is 0.800. The standard InChI is InChI=1S/C8H17NO2.C2H4O2/c1-3-4-5-6-7-11-8(10)9-2;1-2(3)4/h3-7H2,1-2H3,(H,9,10);1H3,(H,3,4). The van der Waals surface area contributed by atoms with Crippen LogP contribution >= 0.6 is 0 Å². The number of carboxylic acid groups (broad SMARTS) is 1. The molecule has 5 heteroatoms. The smallest absolute Gasteiger partial charge is 0.406 e. The topological polar surface area (TPSA) is 75.6 Å². The third kappa shape index (κ3) is 24.5. The summed E-state index contributed by atoms with van der Waals surface area (Å²) in [5.41, 5.74) is 0. The lowest BCUT2D eigenvalue weighted by Crippen LogP contribution is -2.19. The van der Waals surface area contributed by atoms with Crippen molar-refractivity contribution in [2.45, 2.75) is 39.5 Å². The number of aliphatic carboxylic acids is 1. The summed E-state index contributed by atoms with van der Waals surface area (Å²) in [6.45, 7) is 3.78. The quantitative estimate of drug-likeness (QED) is 0.693. The normalized spacial score (nSPS) is 8.47. The van der Waals surface area contributed by atoms with E-state index in [2.05, 4.69) is 12.2 Å². The number of alkyl carbamates (subject to hydrolysis) is 1. The summed E-state index contributed by atoms with van der Waals surface area (Å²) in [6, 6.07) is 0. The highest BCUT2D eigenvalue weighted by molar-refractivity contribution is 5.66. The summed E-state index contributed by atoms with van der Waals surface area (Å²) in [4.78, 5) is 19.5. The molecule has 15 heavy (non-hydrogen) atoms. The van der Waals surface area contributed by atoms with Crippen LogP contribution in [0.3, 0.4) is 0 Å². The molecule has 0 aliphatic rings. The first kappa shape index (κ1) is 16.2. The van der Waals surface area contributed by atoms with Gasteiger partial charge in [0.25, 0.3) is 5.97 Å². The maximum atomic E-state index is 10.5. The van der Waals surface area contributed by atoms with Gasteiger partial charge in [-0.05, 0) is 6.42 Å². The number of amides is 1. The van der Waals surface area contributed by atoms with Crippen LogP contribution in [0.25, 0.3) is 0 Å². The molecule has 0 atom stereocenters. The van der Waals surface area contributed by atoms with E-state index in [0.29, 0.717) is 6.61 Å². The van der Waals surface area contributed by atoms with Gasteiger partial charge < -0.3 is 15.2 Å². The largest absolute Gasteiger partial charge is 0.481 e. The highest BCUT2D eigenvalue weighted by Crippen LogP contribution is 1.98. The Balaban J connectivity index is 0. The summed E-state index contributed by atoms with van der Waals surface area (Å²) in [7, 11) is 1.56. The Bertz CT molecular complexity index is 167. The second-order valence-electron chi connectivity index (χ2n) is 2.97. The van der Waals surface area contributed by atoms with Gasteiger partial charge in [0.1, 0.15) is 0 Å². The second-order valence-corrected chi connectivity index (χ2v) is 2.97. The van der Waals surface area contributed by atoms with Crippen LogP contribution in [0.4, 0.5) is 4.79 Å². The molecule has 0 saturated carbocycles. The zero-order chi connectivity index (χ0) is 12.1. The number of nitrogens with one attached hydrogen (secondary N) is 1. The Labute approximate surface area is 90.8 Å². The van der Waals surface area contributed by atoms with E-state index in [1.807, 2.05) is 0 Å². The third-order valence-electron chi connectivity index (χ3n) is 1.44. The van der Waals surface area contributed by atoms with Crippen LogP contribution in [0.5, 0.6) is 0 Å². The van der Waals surface area contributed by atoms with Crippen LogP contribution < -0.4 is 5.32 Å². The molecule has 0 heterocycles. The summed E-state index contributed by atoms with van der Waals surface area (Å²) in [5.74, 6) is -0.833. The van der Waals surface area contributed by atoms with Crippen LogP contribution in [0.2, 0.25) is 0 Å². The molecule has 0 aliphatic heterocycles. The van der Waals surface area contributed by atoms with Crippen LogP contribution in [-0.4, -0.2) is 30.8 Å². The maximum absolute atomic E-state index is 10.5. The Morgan fingerprint density at radius 3 is 2.20 bits per heavy atom. The van der Waals surface area contributed by atoms with Crippen LogP contribution in [0.15, 0.2) is 0 Å². The van der Waals surface area contributed by atoms with Crippen molar-refractivity contribution in [2.24, 2.45) is 0 Å². The number of unbranched alkanes of at least 4 members (excludes halogenated alkanes) is 3. The van der Waals surface area contributed by atoms with Crippen molar-refractivity contribution >= 4 is 12.1 Å². The minimum Gasteiger partial charge on any atom is -0.481 e. The van der Waals surface area contributed by atoms with E-state index in [-0.39, 0.29) is 6.09 Å². The first-order valence-electron chi connectivity index (χ1n) is 5.08. The summed E-state index contributed by atoms with van der Waals surface area (Å²) in [6.07, 6.45) is 4.22. The molecule has 0 aromatic carbocycles. The number of carboxylic acids is 1. The molecule has 0 aromatic rings. The van der Waals surface area contributed by atoms with E-state index in [0.717, 1.165) is 19.8 Å². The monoisotopic (exact) mass is 219 g/mol. The minimum atomic E-state index is -0.833. The predicted octanol–water partition coefficient (Wildman–Crippen LogP) is 2.01. The zero-order valence-electron chi connectivity index (χ0n) is 9.71. The minimum absolute atomic E-state index is 0.332.